The first-order valence-electron chi connectivity index (χ1n) is 3.34. The summed E-state index contributed by atoms with van der Waals surface area (Å²) in [7, 11) is 1.67. The summed E-state index contributed by atoms with van der Waals surface area (Å²) in [4.78, 5) is 1.49. The third-order valence-electron chi connectivity index (χ3n) is 1.64. The maximum Gasteiger partial charge on any atom is 0.114 e. The van der Waals surface area contributed by atoms with Gasteiger partial charge in [0.2, 0.25) is 0 Å². The fourth-order valence-corrected chi connectivity index (χ4v) is 0.670. The molecule has 0 rings (SSSR count). The topological polar surface area (TPSA) is 43.7 Å². The van der Waals surface area contributed by atoms with Gasteiger partial charge < -0.3 is 10.2 Å². The highest BCUT2D eigenvalue weighted by atomic mass is 16.3. The van der Waals surface area contributed by atoms with Crippen LogP contribution in [0.4, 0.5) is 0 Å². The van der Waals surface area contributed by atoms with Crippen molar-refractivity contribution in [2.75, 3.05) is 7.05 Å². The second-order valence-electron chi connectivity index (χ2n) is 3.55. The van der Waals surface area contributed by atoms with Gasteiger partial charge >= 0.3 is 0 Å². The van der Waals surface area contributed by atoms with E-state index < -0.39 is 11.4 Å². The molecule has 0 bridgehead atoms. The van der Waals surface area contributed by atoms with E-state index in [4.69, 9.17) is 0 Å². The summed E-state index contributed by atoms with van der Waals surface area (Å²) >= 11 is 0. The Morgan fingerprint density at radius 3 is 1.10 bits per heavy atom. The van der Waals surface area contributed by atoms with Crippen LogP contribution in [0, 0.1) is 0 Å². The normalized spacial score (nSPS) is 14.4. The Bertz CT molecular complexity index is 95.8. The Balaban J connectivity index is 4.23. The molecule has 2 N–H and O–H groups in total. The van der Waals surface area contributed by atoms with E-state index >= 15 is 0 Å². The predicted molar refractivity (Wildman–Crippen MR) is 40.4 cm³/mol. The van der Waals surface area contributed by atoms with E-state index in [1.54, 1.807) is 34.7 Å². The van der Waals surface area contributed by atoms with Crippen LogP contribution in [-0.4, -0.2) is 33.6 Å². The highest BCUT2D eigenvalue weighted by molar-refractivity contribution is 4.73. The molecule has 0 heterocycles. The van der Waals surface area contributed by atoms with E-state index in [1.165, 1.54) is 4.90 Å². The van der Waals surface area contributed by atoms with Crippen LogP contribution in [-0.2, 0) is 0 Å². The third kappa shape index (κ3) is 2.64. The van der Waals surface area contributed by atoms with Crippen LogP contribution < -0.4 is 0 Å². The first kappa shape index (κ1) is 9.88. The molecule has 0 aliphatic heterocycles. The second-order valence-corrected chi connectivity index (χ2v) is 3.55. The Hall–Kier alpha value is -0.120. The number of nitrogens with zero attached hydrogens (tertiary/aromatic N) is 1. The molecule has 0 aliphatic carbocycles. The molecule has 0 radical (unpaired) electrons. The molecule has 10 heavy (non-hydrogen) atoms. The fraction of sp³-hybridized carbons (Fsp3) is 1.00. The minimum absolute atomic E-state index is 0.974. The fourth-order valence-electron chi connectivity index (χ4n) is 0.670. The quantitative estimate of drug-likeness (QED) is 0.555. The molecule has 0 fully saturated rings. The maximum atomic E-state index is 9.39. The van der Waals surface area contributed by atoms with Gasteiger partial charge in [0.1, 0.15) is 11.4 Å². The van der Waals surface area contributed by atoms with E-state index in [1.807, 2.05) is 0 Å². The molecular formula is C7H17NO2. The summed E-state index contributed by atoms with van der Waals surface area (Å²) in [6, 6.07) is 0. The highest BCUT2D eigenvalue weighted by Crippen LogP contribution is 2.17. The lowest BCUT2D eigenvalue weighted by atomic mass is 10.2. The zero-order valence-corrected chi connectivity index (χ0v) is 7.34. The molecule has 0 spiro atoms. The van der Waals surface area contributed by atoms with E-state index in [2.05, 4.69) is 0 Å². The van der Waals surface area contributed by atoms with Gasteiger partial charge in [-0.3, -0.25) is 4.90 Å². The van der Waals surface area contributed by atoms with E-state index in [0.29, 0.717) is 0 Å². The zero-order chi connectivity index (χ0) is 8.58. The zero-order valence-electron chi connectivity index (χ0n) is 7.34. The average Bonchev–Trinajstić information content (AvgIpc) is 1.59. The summed E-state index contributed by atoms with van der Waals surface area (Å²) < 4.78 is 0. The highest BCUT2D eigenvalue weighted by Gasteiger charge is 2.30. The van der Waals surface area contributed by atoms with Crippen LogP contribution in [0.2, 0.25) is 0 Å². The molecule has 0 aromatic heterocycles. The van der Waals surface area contributed by atoms with Gasteiger partial charge in [0.25, 0.3) is 0 Å². The molecule has 0 atom stereocenters. The van der Waals surface area contributed by atoms with Crippen molar-refractivity contribution >= 4 is 0 Å². The van der Waals surface area contributed by atoms with Gasteiger partial charge in [0, 0.05) is 0 Å². The van der Waals surface area contributed by atoms with E-state index in [-0.39, 0.29) is 0 Å². The third-order valence-corrected chi connectivity index (χ3v) is 1.64. The van der Waals surface area contributed by atoms with Gasteiger partial charge in [-0.15, -0.1) is 0 Å². The van der Waals surface area contributed by atoms with Gasteiger partial charge in [0.15, 0.2) is 0 Å². The summed E-state index contributed by atoms with van der Waals surface area (Å²) in [5, 5.41) is 18.8. The summed E-state index contributed by atoms with van der Waals surface area (Å²) in [6.45, 7) is 6.52. The molecule has 0 unspecified atom stereocenters. The van der Waals surface area contributed by atoms with Gasteiger partial charge in [-0.25, -0.2) is 0 Å². The van der Waals surface area contributed by atoms with Crippen LogP contribution in [0.1, 0.15) is 27.7 Å². The van der Waals surface area contributed by atoms with Crippen molar-refractivity contribution < 1.29 is 10.2 Å². The minimum atomic E-state index is -0.974. The van der Waals surface area contributed by atoms with Crippen molar-refractivity contribution in [3.63, 3.8) is 0 Å². The Kier molecular flexibility index (Phi) is 2.46. The Morgan fingerprint density at radius 2 is 1.10 bits per heavy atom. The van der Waals surface area contributed by atoms with Crippen LogP contribution in [0.25, 0.3) is 0 Å². The smallest absolute Gasteiger partial charge is 0.114 e. The summed E-state index contributed by atoms with van der Waals surface area (Å²) in [6.07, 6.45) is 0. The maximum absolute atomic E-state index is 9.39. The van der Waals surface area contributed by atoms with Crippen molar-refractivity contribution in [3.8, 4) is 0 Å². The van der Waals surface area contributed by atoms with Crippen LogP contribution >= 0.6 is 0 Å². The molecule has 3 heteroatoms. The number of aliphatic hydroxyl groups is 2. The molecule has 0 amide bonds. The summed E-state index contributed by atoms with van der Waals surface area (Å²) in [5.41, 5.74) is -1.95. The Morgan fingerprint density at radius 1 is 0.900 bits per heavy atom. The van der Waals surface area contributed by atoms with Gasteiger partial charge in [0.05, 0.1) is 0 Å². The number of hydrogen-bond acceptors (Lipinski definition) is 3. The monoisotopic (exact) mass is 147 g/mol. The minimum Gasteiger partial charge on any atom is -0.376 e. The van der Waals surface area contributed by atoms with Crippen molar-refractivity contribution in [2.45, 2.75) is 39.1 Å². The predicted octanol–water partition coefficient (Wildman–Crippen LogP) is 0.375. The SMILES string of the molecule is CN(C(C)(C)O)C(C)(C)O. The lowest BCUT2D eigenvalue weighted by Gasteiger charge is -2.39. The van der Waals surface area contributed by atoms with E-state index in [0.717, 1.165) is 0 Å². The second kappa shape index (κ2) is 2.49. The first-order valence-corrected chi connectivity index (χ1v) is 3.34. The average molecular weight is 147 g/mol. The Labute approximate surface area is 62.3 Å². The van der Waals surface area contributed by atoms with E-state index in [9.17, 15) is 10.2 Å². The summed E-state index contributed by atoms with van der Waals surface area (Å²) in [5.74, 6) is 0. The van der Waals surface area contributed by atoms with Gasteiger partial charge in [-0.05, 0) is 34.7 Å². The van der Waals surface area contributed by atoms with Crippen molar-refractivity contribution in [2.24, 2.45) is 0 Å². The molecule has 62 valence electrons. The largest absolute Gasteiger partial charge is 0.376 e. The van der Waals surface area contributed by atoms with Gasteiger partial charge in [-0.2, -0.15) is 0 Å². The number of rotatable bonds is 2. The van der Waals surface area contributed by atoms with Crippen LogP contribution in [0.5, 0.6) is 0 Å². The number of hydrogen-bond donors (Lipinski definition) is 2. The molecule has 3 nitrogen and oxygen atoms in total. The van der Waals surface area contributed by atoms with Crippen molar-refractivity contribution in [1.29, 1.82) is 0 Å². The molecule has 0 aromatic carbocycles. The first-order chi connectivity index (χ1) is 4.15. The lowest BCUT2D eigenvalue weighted by Crippen LogP contribution is -2.52. The van der Waals surface area contributed by atoms with Crippen molar-refractivity contribution in [3.05, 3.63) is 0 Å². The molecular weight excluding hydrogens is 130 g/mol. The molecule has 0 aliphatic rings. The molecule has 0 aromatic rings. The lowest BCUT2D eigenvalue weighted by molar-refractivity contribution is -0.185. The molecule has 0 saturated carbocycles. The van der Waals surface area contributed by atoms with Crippen molar-refractivity contribution in [1.82, 2.24) is 4.90 Å². The molecule has 0 saturated heterocycles. The van der Waals surface area contributed by atoms with Crippen LogP contribution in [0.15, 0.2) is 0 Å². The standard InChI is InChI=1S/C7H17NO2/c1-6(2,9)8(5)7(3,4)10/h9-10H,1-5H3. The van der Waals surface area contributed by atoms with Gasteiger partial charge in [-0.1, -0.05) is 0 Å². The van der Waals surface area contributed by atoms with Crippen LogP contribution in [0.3, 0.4) is 0 Å².